The van der Waals surface area contributed by atoms with Crippen LogP contribution in [0.1, 0.15) is 22.5 Å². The molecule has 0 N–H and O–H groups in total. The van der Waals surface area contributed by atoms with Crippen LogP contribution in [0.4, 0.5) is 0 Å². The molecule has 1 amide bonds. The molecule has 1 aliphatic rings. The molecule has 3 heterocycles. The topological polar surface area (TPSA) is 59.2 Å². The monoisotopic (exact) mass is 404 g/mol. The third-order valence-electron chi connectivity index (χ3n) is 5.65. The number of aromatic nitrogens is 4. The lowest BCUT2D eigenvalue weighted by molar-refractivity contribution is -0.127. The molecule has 3 aromatic rings. The van der Waals surface area contributed by atoms with Crippen LogP contribution < -0.4 is 0 Å². The highest BCUT2D eigenvalue weighted by Gasteiger charge is 2.22. The number of para-hydroxylation sites is 1. The molecule has 1 saturated heterocycles. The van der Waals surface area contributed by atoms with Crippen LogP contribution in [0, 0.1) is 13.8 Å². The maximum absolute atomic E-state index is 12.5. The number of piperazine rings is 1. The Balaban J connectivity index is 1.35. The van der Waals surface area contributed by atoms with Crippen LogP contribution in [0.5, 0.6) is 0 Å². The van der Waals surface area contributed by atoms with Gasteiger partial charge in [0.25, 0.3) is 0 Å². The first-order chi connectivity index (χ1) is 14.5. The number of carbonyl (C=O) groups excluding carboxylic acids is 1. The largest absolute Gasteiger partial charge is 0.337 e. The van der Waals surface area contributed by atoms with E-state index in [0.717, 1.165) is 49.7 Å². The van der Waals surface area contributed by atoms with E-state index < -0.39 is 0 Å². The number of aryl methyl sites for hydroxylation is 2. The molecule has 7 heteroatoms. The van der Waals surface area contributed by atoms with E-state index in [-0.39, 0.29) is 5.91 Å². The first-order valence-electron chi connectivity index (χ1n) is 10.3. The van der Waals surface area contributed by atoms with E-state index in [1.54, 1.807) is 17.0 Å². The first kappa shape index (κ1) is 20.1. The molecule has 4 rings (SSSR count). The van der Waals surface area contributed by atoms with Crippen molar-refractivity contribution < 1.29 is 4.79 Å². The molecule has 1 fully saturated rings. The smallest absolute Gasteiger partial charge is 0.246 e. The Hall–Kier alpha value is -3.19. The van der Waals surface area contributed by atoms with Crippen molar-refractivity contribution in [2.45, 2.75) is 20.4 Å². The molecule has 0 atom stereocenters. The van der Waals surface area contributed by atoms with Crippen LogP contribution in [-0.4, -0.2) is 61.4 Å². The van der Waals surface area contributed by atoms with Crippen molar-refractivity contribution in [3.63, 3.8) is 0 Å². The number of benzene rings is 1. The molecule has 7 nitrogen and oxygen atoms in total. The fourth-order valence-electron chi connectivity index (χ4n) is 3.87. The molecule has 1 aliphatic heterocycles. The summed E-state index contributed by atoms with van der Waals surface area (Å²) in [4.78, 5) is 16.8. The zero-order valence-corrected chi connectivity index (χ0v) is 17.8. The van der Waals surface area contributed by atoms with Gasteiger partial charge < -0.3 is 4.90 Å². The maximum atomic E-state index is 12.5. The molecular formula is C23H28N6O. The number of hydrogen-bond donors (Lipinski definition) is 0. The van der Waals surface area contributed by atoms with Gasteiger partial charge in [-0.25, -0.2) is 4.68 Å². The second-order valence-corrected chi connectivity index (χ2v) is 7.78. The van der Waals surface area contributed by atoms with Crippen molar-refractivity contribution in [1.82, 2.24) is 29.4 Å². The van der Waals surface area contributed by atoms with Gasteiger partial charge in [0.2, 0.25) is 5.91 Å². The summed E-state index contributed by atoms with van der Waals surface area (Å²) in [6.45, 7) is 8.26. The van der Waals surface area contributed by atoms with Gasteiger partial charge in [-0.3, -0.25) is 14.4 Å². The molecule has 0 bridgehead atoms. The van der Waals surface area contributed by atoms with Crippen LogP contribution in [0.2, 0.25) is 0 Å². The lowest BCUT2D eigenvalue weighted by Crippen LogP contribution is -2.47. The Morgan fingerprint density at radius 2 is 1.83 bits per heavy atom. The Morgan fingerprint density at radius 1 is 1.10 bits per heavy atom. The van der Waals surface area contributed by atoms with Crippen LogP contribution in [0.3, 0.4) is 0 Å². The van der Waals surface area contributed by atoms with Crippen molar-refractivity contribution in [2.24, 2.45) is 7.05 Å². The van der Waals surface area contributed by atoms with Crippen molar-refractivity contribution >= 4 is 12.0 Å². The van der Waals surface area contributed by atoms with Crippen LogP contribution in [-0.2, 0) is 18.4 Å². The van der Waals surface area contributed by atoms with Crippen molar-refractivity contribution in [3.05, 3.63) is 71.3 Å². The van der Waals surface area contributed by atoms with E-state index in [4.69, 9.17) is 5.10 Å². The maximum Gasteiger partial charge on any atom is 0.246 e. The van der Waals surface area contributed by atoms with Gasteiger partial charge in [-0.05, 0) is 32.1 Å². The zero-order chi connectivity index (χ0) is 21.1. The normalized spacial score (nSPS) is 15.2. The standard InChI is InChI=1S/C23H28N6O/c1-18-22(19(2)29(25-18)21-7-5-4-6-8-21)17-27-11-13-28(14-12-27)23(30)10-9-20-15-24-26(3)16-20/h4-10,15-16H,11-14,17H2,1-3H3/b10-9+. The summed E-state index contributed by atoms with van der Waals surface area (Å²) in [6, 6.07) is 10.2. The van der Waals surface area contributed by atoms with Crippen LogP contribution in [0.15, 0.2) is 48.8 Å². The SMILES string of the molecule is Cc1nn(-c2ccccc2)c(C)c1CN1CCN(C(=O)/C=C/c2cnn(C)c2)CC1. The van der Waals surface area contributed by atoms with Gasteiger partial charge in [-0.1, -0.05) is 18.2 Å². The lowest BCUT2D eigenvalue weighted by Gasteiger charge is -2.34. The summed E-state index contributed by atoms with van der Waals surface area (Å²) < 4.78 is 3.75. The average Bonchev–Trinajstić information content (AvgIpc) is 3.31. The van der Waals surface area contributed by atoms with Gasteiger partial charge >= 0.3 is 0 Å². The highest BCUT2D eigenvalue weighted by Crippen LogP contribution is 2.20. The van der Waals surface area contributed by atoms with Crippen molar-refractivity contribution in [3.8, 4) is 5.69 Å². The van der Waals surface area contributed by atoms with E-state index >= 15 is 0 Å². The van der Waals surface area contributed by atoms with Crippen molar-refractivity contribution in [2.75, 3.05) is 26.2 Å². The van der Waals surface area contributed by atoms with E-state index in [2.05, 4.69) is 36.0 Å². The second-order valence-electron chi connectivity index (χ2n) is 7.78. The number of rotatable bonds is 5. The summed E-state index contributed by atoms with van der Waals surface area (Å²) >= 11 is 0. The van der Waals surface area contributed by atoms with Gasteiger partial charge in [-0.15, -0.1) is 0 Å². The number of amides is 1. The number of nitrogens with zero attached hydrogens (tertiary/aromatic N) is 6. The Labute approximate surface area is 177 Å². The summed E-state index contributed by atoms with van der Waals surface area (Å²) in [5.41, 5.74) is 5.53. The molecule has 0 saturated carbocycles. The number of carbonyl (C=O) groups is 1. The molecule has 2 aromatic heterocycles. The first-order valence-corrected chi connectivity index (χ1v) is 10.3. The summed E-state index contributed by atoms with van der Waals surface area (Å²) in [5.74, 6) is 0.0581. The van der Waals surface area contributed by atoms with E-state index in [1.807, 2.05) is 47.1 Å². The fraction of sp³-hybridized carbons (Fsp3) is 0.348. The van der Waals surface area contributed by atoms with Gasteiger partial charge in [0, 0.05) is 68.9 Å². The minimum absolute atomic E-state index is 0.0581. The van der Waals surface area contributed by atoms with E-state index in [1.165, 1.54) is 11.3 Å². The third-order valence-corrected chi connectivity index (χ3v) is 5.65. The average molecular weight is 405 g/mol. The van der Waals surface area contributed by atoms with Crippen LogP contribution in [0.25, 0.3) is 11.8 Å². The quantitative estimate of drug-likeness (QED) is 0.614. The molecule has 0 unspecified atom stereocenters. The second kappa shape index (κ2) is 8.67. The van der Waals surface area contributed by atoms with Crippen molar-refractivity contribution in [1.29, 1.82) is 0 Å². The van der Waals surface area contributed by atoms with Gasteiger partial charge in [0.15, 0.2) is 0 Å². The fourth-order valence-corrected chi connectivity index (χ4v) is 3.87. The van der Waals surface area contributed by atoms with Gasteiger partial charge in [0.05, 0.1) is 17.6 Å². The Kier molecular flexibility index (Phi) is 5.81. The zero-order valence-electron chi connectivity index (χ0n) is 17.8. The minimum atomic E-state index is 0.0581. The third kappa shape index (κ3) is 4.36. The highest BCUT2D eigenvalue weighted by molar-refractivity contribution is 5.91. The molecule has 156 valence electrons. The van der Waals surface area contributed by atoms with Gasteiger partial charge in [0.1, 0.15) is 0 Å². The highest BCUT2D eigenvalue weighted by atomic mass is 16.2. The minimum Gasteiger partial charge on any atom is -0.337 e. The summed E-state index contributed by atoms with van der Waals surface area (Å²) in [5, 5.41) is 8.87. The predicted molar refractivity (Wildman–Crippen MR) is 117 cm³/mol. The molecule has 30 heavy (non-hydrogen) atoms. The van der Waals surface area contributed by atoms with Crippen LogP contribution >= 0.6 is 0 Å². The van der Waals surface area contributed by atoms with Gasteiger partial charge in [-0.2, -0.15) is 10.2 Å². The molecule has 0 aliphatic carbocycles. The molecule has 0 radical (unpaired) electrons. The molecular weight excluding hydrogens is 376 g/mol. The Bertz CT molecular complexity index is 1040. The molecule has 1 aromatic carbocycles. The Morgan fingerprint density at radius 3 is 2.50 bits per heavy atom. The predicted octanol–water partition coefficient (Wildman–Crippen LogP) is 2.58. The molecule has 0 spiro atoms. The summed E-state index contributed by atoms with van der Waals surface area (Å²) in [6.07, 6.45) is 7.11. The van der Waals surface area contributed by atoms with E-state index in [0.29, 0.717) is 0 Å². The summed E-state index contributed by atoms with van der Waals surface area (Å²) in [7, 11) is 1.87. The van der Waals surface area contributed by atoms with E-state index in [9.17, 15) is 4.79 Å². The number of hydrogen-bond acceptors (Lipinski definition) is 4. The lowest BCUT2D eigenvalue weighted by atomic mass is 10.1.